The van der Waals surface area contributed by atoms with E-state index in [4.69, 9.17) is 9.47 Å². The van der Waals surface area contributed by atoms with Crippen LogP contribution in [0.4, 0.5) is 0 Å². The molecule has 1 N–H and O–H groups in total. The fraction of sp³-hybridized carbons (Fsp3) is 0.348. The normalized spacial score (nSPS) is 10.8. The lowest BCUT2D eigenvalue weighted by molar-refractivity contribution is -0.118. The molecule has 0 heterocycles. The lowest BCUT2D eigenvalue weighted by Crippen LogP contribution is -2.27. The van der Waals surface area contributed by atoms with Gasteiger partial charge in [0, 0.05) is 12.3 Å². The first-order valence-corrected chi connectivity index (χ1v) is 10.8. The Bertz CT molecular complexity index is 747. The maximum absolute atomic E-state index is 12.0. The second-order valence-corrected chi connectivity index (χ2v) is 7.11. The second-order valence-electron chi connectivity index (χ2n) is 6.08. The number of hydrogen-bond donors (Lipinski definition) is 1. The Hall–Kier alpha value is -2.40. The molecule has 0 aliphatic rings. The first-order chi connectivity index (χ1) is 13.7. The fourth-order valence-corrected chi connectivity index (χ4v) is 3.25. The van der Waals surface area contributed by atoms with Crippen LogP contribution in [0.1, 0.15) is 25.0 Å². The van der Waals surface area contributed by atoms with Crippen molar-refractivity contribution in [3.63, 3.8) is 0 Å². The minimum absolute atomic E-state index is 0.0640. The van der Waals surface area contributed by atoms with Gasteiger partial charge in [0.2, 0.25) is 5.91 Å². The Morgan fingerprint density at radius 2 is 1.79 bits per heavy atom. The number of rotatable bonds is 12. The smallest absolute Gasteiger partial charge is 0.230 e. The fourth-order valence-electron chi connectivity index (χ4n) is 2.62. The molecule has 4 nitrogen and oxygen atoms in total. The van der Waals surface area contributed by atoms with Crippen LogP contribution in [-0.4, -0.2) is 37.2 Å². The van der Waals surface area contributed by atoms with Crippen molar-refractivity contribution < 1.29 is 14.3 Å². The topological polar surface area (TPSA) is 47.6 Å². The average Bonchev–Trinajstić information content (AvgIpc) is 2.71. The van der Waals surface area contributed by atoms with E-state index >= 15 is 0 Å². The maximum Gasteiger partial charge on any atom is 0.230 e. The summed E-state index contributed by atoms with van der Waals surface area (Å²) in [7, 11) is 0. The summed E-state index contributed by atoms with van der Waals surface area (Å²) in [4.78, 5) is 12.0. The standard InChI is InChI=1S/C23H29NO3S/c1-3-26-21-13-12-20(17-22(21)27-4-2)14-15-24-23(25)18-28-16-8-11-19-9-6-5-7-10-19/h5-13,17H,3-4,14-16,18H2,1-2H3,(H,24,25). The van der Waals surface area contributed by atoms with E-state index in [-0.39, 0.29) is 5.91 Å². The van der Waals surface area contributed by atoms with Crippen molar-refractivity contribution >= 4 is 23.7 Å². The zero-order valence-corrected chi connectivity index (χ0v) is 17.5. The predicted octanol–water partition coefficient (Wildman–Crippen LogP) is 4.59. The summed E-state index contributed by atoms with van der Waals surface area (Å²) in [5, 5.41) is 2.98. The van der Waals surface area contributed by atoms with E-state index in [1.165, 1.54) is 5.56 Å². The third kappa shape index (κ3) is 8.09. The Morgan fingerprint density at radius 3 is 2.54 bits per heavy atom. The Labute approximate surface area is 172 Å². The van der Waals surface area contributed by atoms with Crippen molar-refractivity contribution in [2.24, 2.45) is 0 Å². The van der Waals surface area contributed by atoms with E-state index in [0.29, 0.717) is 25.5 Å². The summed E-state index contributed by atoms with van der Waals surface area (Å²) in [5.41, 5.74) is 2.29. The highest BCUT2D eigenvalue weighted by molar-refractivity contribution is 8.00. The quantitative estimate of drug-likeness (QED) is 0.530. The number of amides is 1. The molecule has 2 aromatic carbocycles. The molecule has 0 atom stereocenters. The zero-order valence-electron chi connectivity index (χ0n) is 16.6. The van der Waals surface area contributed by atoms with Gasteiger partial charge in [0.25, 0.3) is 0 Å². The Kier molecular flexibility index (Phi) is 10.1. The SMILES string of the molecule is CCOc1ccc(CCNC(=O)CSCC=Cc2ccccc2)cc1OCC. The molecule has 0 aliphatic heterocycles. The van der Waals surface area contributed by atoms with Gasteiger partial charge in [-0.1, -0.05) is 48.6 Å². The van der Waals surface area contributed by atoms with Crippen LogP contribution in [0.5, 0.6) is 11.5 Å². The van der Waals surface area contributed by atoms with Crippen LogP contribution < -0.4 is 14.8 Å². The van der Waals surface area contributed by atoms with Crippen molar-refractivity contribution in [3.05, 3.63) is 65.7 Å². The van der Waals surface area contributed by atoms with Crippen molar-refractivity contribution in [1.82, 2.24) is 5.32 Å². The first kappa shape index (κ1) is 21.9. The van der Waals surface area contributed by atoms with Gasteiger partial charge in [-0.15, -0.1) is 11.8 Å². The van der Waals surface area contributed by atoms with Gasteiger partial charge >= 0.3 is 0 Å². The molecule has 0 saturated carbocycles. The molecule has 0 unspecified atom stereocenters. The summed E-state index contributed by atoms with van der Waals surface area (Å²) in [6.07, 6.45) is 4.92. The molecule has 0 radical (unpaired) electrons. The maximum atomic E-state index is 12.0. The third-order valence-electron chi connectivity index (χ3n) is 3.90. The molecular weight excluding hydrogens is 370 g/mol. The van der Waals surface area contributed by atoms with Crippen LogP contribution in [0.3, 0.4) is 0 Å². The van der Waals surface area contributed by atoms with E-state index < -0.39 is 0 Å². The van der Waals surface area contributed by atoms with E-state index in [1.54, 1.807) is 11.8 Å². The zero-order chi connectivity index (χ0) is 20.0. The molecule has 0 aromatic heterocycles. The van der Waals surface area contributed by atoms with Crippen LogP contribution in [0.2, 0.25) is 0 Å². The third-order valence-corrected chi connectivity index (χ3v) is 4.80. The molecule has 5 heteroatoms. The summed E-state index contributed by atoms with van der Waals surface area (Å²) < 4.78 is 11.2. The van der Waals surface area contributed by atoms with E-state index in [2.05, 4.69) is 29.6 Å². The second kappa shape index (κ2) is 12.9. The van der Waals surface area contributed by atoms with Crippen molar-refractivity contribution in [3.8, 4) is 11.5 Å². The van der Waals surface area contributed by atoms with Crippen LogP contribution in [0, 0.1) is 0 Å². The highest BCUT2D eigenvalue weighted by Gasteiger charge is 2.07. The van der Waals surface area contributed by atoms with Crippen LogP contribution >= 0.6 is 11.8 Å². The molecule has 2 aromatic rings. The predicted molar refractivity (Wildman–Crippen MR) is 118 cm³/mol. The van der Waals surface area contributed by atoms with Gasteiger partial charge in [-0.05, 0) is 43.5 Å². The minimum Gasteiger partial charge on any atom is -0.490 e. The molecule has 0 bridgehead atoms. The van der Waals surface area contributed by atoms with E-state index in [1.807, 2.05) is 50.2 Å². The minimum atomic E-state index is 0.0640. The molecule has 0 aliphatic carbocycles. The Balaban J connectivity index is 1.67. The van der Waals surface area contributed by atoms with E-state index in [0.717, 1.165) is 29.2 Å². The summed E-state index contributed by atoms with van der Waals surface area (Å²) in [5.74, 6) is 2.87. The summed E-state index contributed by atoms with van der Waals surface area (Å²) in [6.45, 7) is 5.71. The van der Waals surface area contributed by atoms with Crippen molar-refractivity contribution in [2.45, 2.75) is 20.3 Å². The number of carbonyl (C=O) groups is 1. The molecule has 28 heavy (non-hydrogen) atoms. The molecule has 0 fully saturated rings. The van der Waals surface area contributed by atoms with Gasteiger partial charge in [0.1, 0.15) is 0 Å². The monoisotopic (exact) mass is 399 g/mol. The first-order valence-electron chi connectivity index (χ1n) is 9.67. The number of nitrogens with one attached hydrogen (secondary N) is 1. The number of hydrogen-bond acceptors (Lipinski definition) is 4. The van der Waals surface area contributed by atoms with Crippen LogP contribution in [-0.2, 0) is 11.2 Å². The summed E-state index contributed by atoms with van der Waals surface area (Å²) in [6, 6.07) is 16.1. The van der Waals surface area contributed by atoms with Crippen molar-refractivity contribution in [1.29, 1.82) is 0 Å². The largest absolute Gasteiger partial charge is 0.490 e. The highest BCUT2D eigenvalue weighted by Crippen LogP contribution is 2.28. The van der Waals surface area contributed by atoms with Crippen molar-refractivity contribution in [2.75, 3.05) is 31.3 Å². The van der Waals surface area contributed by atoms with Gasteiger partial charge in [-0.2, -0.15) is 0 Å². The molecule has 0 spiro atoms. The molecule has 150 valence electrons. The lowest BCUT2D eigenvalue weighted by atomic mass is 10.1. The molecular formula is C23H29NO3S. The van der Waals surface area contributed by atoms with Gasteiger partial charge < -0.3 is 14.8 Å². The molecule has 0 saturated heterocycles. The highest BCUT2D eigenvalue weighted by atomic mass is 32.2. The van der Waals surface area contributed by atoms with Gasteiger partial charge in [0.05, 0.1) is 19.0 Å². The van der Waals surface area contributed by atoms with Gasteiger partial charge in [-0.25, -0.2) is 0 Å². The summed E-state index contributed by atoms with van der Waals surface area (Å²) >= 11 is 1.61. The molecule has 2 rings (SSSR count). The lowest BCUT2D eigenvalue weighted by Gasteiger charge is -2.12. The number of thioether (sulfide) groups is 1. The number of carbonyl (C=O) groups excluding carboxylic acids is 1. The van der Waals surface area contributed by atoms with Gasteiger partial charge in [-0.3, -0.25) is 4.79 Å². The number of benzene rings is 2. The molecule has 1 amide bonds. The van der Waals surface area contributed by atoms with Gasteiger partial charge in [0.15, 0.2) is 11.5 Å². The average molecular weight is 400 g/mol. The van der Waals surface area contributed by atoms with Crippen LogP contribution in [0.15, 0.2) is 54.6 Å². The van der Waals surface area contributed by atoms with E-state index in [9.17, 15) is 4.79 Å². The Morgan fingerprint density at radius 1 is 1.04 bits per heavy atom. The number of ether oxygens (including phenoxy) is 2. The van der Waals surface area contributed by atoms with Crippen LogP contribution in [0.25, 0.3) is 6.08 Å².